The number of halogens is 4. The summed E-state index contributed by atoms with van der Waals surface area (Å²) in [7, 11) is 0. The zero-order valence-electron chi connectivity index (χ0n) is 7.49. The normalized spacial score (nSPS) is 15.7. The second kappa shape index (κ2) is 3.37. The molecule has 0 saturated carbocycles. The van der Waals surface area contributed by atoms with Gasteiger partial charge in [-0.15, -0.1) is 0 Å². The van der Waals surface area contributed by atoms with Gasteiger partial charge in [0.05, 0.1) is 5.56 Å². The SMILES string of the molecule is Fc1c(C(F)(F)F)ccc2c1CNCO2. The Labute approximate surface area is 82.8 Å². The lowest BCUT2D eigenvalue weighted by Gasteiger charge is -2.20. The Morgan fingerprint density at radius 3 is 2.67 bits per heavy atom. The van der Waals surface area contributed by atoms with E-state index in [0.29, 0.717) is 6.07 Å². The van der Waals surface area contributed by atoms with Crippen LogP contribution in [0.25, 0.3) is 0 Å². The maximum atomic E-state index is 13.4. The van der Waals surface area contributed by atoms with Crippen LogP contribution in [-0.4, -0.2) is 6.73 Å². The number of benzene rings is 1. The first kappa shape index (κ1) is 10.2. The summed E-state index contributed by atoms with van der Waals surface area (Å²) >= 11 is 0. The molecule has 82 valence electrons. The van der Waals surface area contributed by atoms with E-state index in [1.54, 1.807) is 0 Å². The third-order valence-electron chi connectivity index (χ3n) is 2.14. The van der Waals surface area contributed by atoms with Crippen LogP contribution < -0.4 is 10.1 Å². The number of nitrogens with one attached hydrogen (secondary N) is 1. The number of ether oxygens (including phenoxy) is 1. The van der Waals surface area contributed by atoms with Gasteiger partial charge in [-0.25, -0.2) is 4.39 Å². The Hall–Kier alpha value is -1.30. The number of hydrogen-bond donors (Lipinski definition) is 1. The van der Waals surface area contributed by atoms with E-state index in [9.17, 15) is 17.6 Å². The van der Waals surface area contributed by atoms with Gasteiger partial charge in [-0.2, -0.15) is 13.2 Å². The summed E-state index contributed by atoms with van der Waals surface area (Å²) < 4.78 is 55.3. The Morgan fingerprint density at radius 2 is 2.00 bits per heavy atom. The maximum Gasteiger partial charge on any atom is 0.419 e. The average molecular weight is 221 g/mol. The monoisotopic (exact) mass is 221 g/mol. The van der Waals surface area contributed by atoms with Crippen LogP contribution in [0.4, 0.5) is 17.6 Å². The number of alkyl halides is 3. The van der Waals surface area contributed by atoms with E-state index in [0.717, 1.165) is 6.07 Å². The molecule has 0 fully saturated rings. The molecule has 6 heteroatoms. The largest absolute Gasteiger partial charge is 0.478 e. The molecule has 0 saturated heterocycles. The lowest BCUT2D eigenvalue weighted by Crippen LogP contribution is -2.27. The van der Waals surface area contributed by atoms with E-state index in [4.69, 9.17) is 4.74 Å². The van der Waals surface area contributed by atoms with Crippen LogP contribution in [0.2, 0.25) is 0 Å². The minimum atomic E-state index is -4.67. The van der Waals surface area contributed by atoms with Crippen molar-refractivity contribution in [2.45, 2.75) is 12.7 Å². The quantitative estimate of drug-likeness (QED) is 0.678. The molecule has 1 aliphatic heterocycles. The van der Waals surface area contributed by atoms with E-state index < -0.39 is 17.6 Å². The predicted octanol–water partition coefficient (Wildman–Crippen LogP) is 2.28. The molecular formula is C9H7F4NO. The van der Waals surface area contributed by atoms with Gasteiger partial charge in [-0.1, -0.05) is 0 Å². The second-order valence-electron chi connectivity index (χ2n) is 3.12. The summed E-state index contributed by atoms with van der Waals surface area (Å²) in [6.45, 7) is 0.225. The molecule has 0 spiro atoms. The molecule has 1 aromatic rings. The zero-order chi connectivity index (χ0) is 11.1. The molecule has 0 bridgehead atoms. The molecule has 0 atom stereocenters. The van der Waals surface area contributed by atoms with E-state index in [-0.39, 0.29) is 24.6 Å². The Bertz CT molecular complexity index is 388. The van der Waals surface area contributed by atoms with Crippen molar-refractivity contribution in [1.82, 2.24) is 5.32 Å². The molecule has 0 unspecified atom stereocenters. The summed E-state index contributed by atoms with van der Waals surface area (Å²) in [5.41, 5.74) is -1.33. The van der Waals surface area contributed by atoms with Gasteiger partial charge in [0.1, 0.15) is 18.3 Å². The van der Waals surface area contributed by atoms with E-state index in [2.05, 4.69) is 5.32 Å². The fourth-order valence-electron chi connectivity index (χ4n) is 1.43. The van der Waals surface area contributed by atoms with Crippen molar-refractivity contribution in [2.75, 3.05) is 6.73 Å². The number of hydrogen-bond acceptors (Lipinski definition) is 2. The van der Waals surface area contributed by atoms with Crippen molar-refractivity contribution >= 4 is 0 Å². The molecule has 0 aromatic heterocycles. The lowest BCUT2D eigenvalue weighted by atomic mass is 10.1. The molecule has 1 heterocycles. The summed E-state index contributed by atoms with van der Waals surface area (Å²) in [6.07, 6.45) is -4.67. The van der Waals surface area contributed by atoms with E-state index in [1.165, 1.54) is 0 Å². The van der Waals surface area contributed by atoms with Crippen molar-refractivity contribution in [2.24, 2.45) is 0 Å². The van der Waals surface area contributed by atoms with Gasteiger partial charge < -0.3 is 4.74 Å². The van der Waals surface area contributed by atoms with Gasteiger partial charge in [0.15, 0.2) is 0 Å². The molecule has 0 amide bonds. The highest BCUT2D eigenvalue weighted by Gasteiger charge is 2.36. The van der Waals surface area contributed by atoms with Crippen LogP contribution >= 0.6 is 0 Å². The smallest absolute Gasteiger partial charge is 0.419 e. The van der Waals surface area contributed by atoms with Gasteiger partial charge in [0, 0.05) is 12.1 Å². The third-order valence-corrected chi connectivity index (χ3v) is 2.14. The van der Waals surface area contributed by atoms with Crippen molar-refractivity contribution in [3.05, 3.63) is 29.1 Å². The van der Waals surface area contributed by atoms with Gasteiger partial charge in [-0.3, -0.25) is 5.32 Å². The van der Waals surface area contributed by atoms with Gasteiger partial charge in [-0.05, 0) is 12.1 Å². The van der Waals surface area contributed by atoms with Crippen LogP contribution in [0.5, 0.6) is 5.75 Å². The van der Waals surface area contributed by atoms with Crippen molar-refractivity contribution in [1.29, 1.82) is 0 Å². The molecule has 2 nitrogen and oxygen atoms in total. The molecule has 2 rings (SSSR count). The predicted molar refractivity (Wildman–Crippen MR) is 43.7 cm³/mol. The highest BCUT2D eigenvalue weighted by Crippen LogP contribution is 2.36. The summed E-state index contributed by atoms with van der Waals surface area (Å²) in [5.74, 6) is -1.09. The molecular weight excluding hydrogens is 214 g/mol. The number of rotatable bonds is 0. The van der Waals surface area contributed by atoms with Gasteiger partial charge in [0.2, 0.25) is 0 Å². The van der Waals surface area contributed by atoms with E-state index in [1.807, 2.05) is 0 Å². The van der Waals surface area contributed by atoms with Crippen LogP contribution in [0, 0.1) is 5.82 Å². The Morgan fingerprint density at radius 1 is 1.27 bits per heavy atom. The third kappa shape index (κ3) is 1.77. The summed E-state index contributed by atoms with van der Waals surface area (Å²) in [5, 5.41) is 2.63. The molecule has 1 aromatic carbocycles. The highest BCUT2D eigenvalue weighted by molar-refractivity contribution is 5.40. The highest BCUT2D eigenvalue weighted by atomic mass is 19.4. The standard InChI is InChI=1S/C9H7F4NO/c10-8-5-3-14-4-15-7(5)2-1-6(8)9(11,12)13/h1-2,14H,3-4H2. The minimum Gasteiger partial charge on any atom is -0.478 e. The molecule has 1 N–H and O–H groups in total. The van der Waals surface area contributed by atoms with Crippen molar-refractivity contribution in [3.8, 4) is 5.75 Å². The first-order chi connectivity index (χ1) is 7.00. The fraction of sp³-hybridized carbons (Fsp3) is 0.333. The van der Waals surface area contributed by atoms with Crippen molar-refractivity contribution in [3.63, 3.8) is 0 Å². The maximum absolute atomic E-state index is 13.4. The second-order valence-corrected chi connectivity index (χ2v) is 3.12. The van der Waals surface area contributed by atoms with Gasteiger partial charge >= 0.3 is 6.18 Å². The van der Waals surface area contributed by atoms with Crippen LogP contribution in [-0.2, 0) is 12.7 Å². The van der Waals surface area contributed by atoms with Gasteiger partial charge in [0.25, 0.3) is 0 Å². The summed E-state index contributed by atoms with van der Waals surface area (Å²) in [4.78, 5) is 0. The van der Waals surface area contributed by atoms with Crippen LogP contribution in [0.3, 0.4) is 0 Å². The molecule has 0 radical (unpaired) electrons. The van der Waals surface area contributed by atoms with Crippen LogP contribution in [0.1, 0.15) is 11.1 Å². The fourth-order valence-corrected chi connectivity index (χ4v) is 1.43. The topological polar surface area (TPSA) is 21.3 Å². The average Bonchev–Trinajstić information content (AvgIpc) is 2.16. The first-order valence-electron chi connectivity index (χ1n) is 4.22. The number of fused-ring (bicyclic) bond motifs is 1. The van der Waals surface area contributed by atoms with Crippen molar-refractivity contribution < 1.29 is 22.3 Å². The Kier molecular flexibility index (Phi) is 2.30. The molecule has 0 aliphatic carbocycles. The first-order valence-corrected chi connectivity index (χ1v) is 4.22. The van der Waals surface area contributed by atoms with Crippen LogP contribution in [0.15, 0.2) is 12.1 Å². The molecule has 1 aliphatic rings. The Balaban J connectivity index is 2.53. The zero-order valence-corrected chi connectivity index (χ0v) is 7.49. The van der Waals surface area contributed by atoms with E-state index >= 15 is 0 Å². The molecule has 15 heavy (non-hydrogen) atoms. The minimum absolute atomic E-state index is 0.0467. The lowest BCUT2D eigenvalue weighted by molar-refractivity contribution is -0.140. The summed E-state index contributed by atoms with van der Waals surface area (Å²) in [6, 6.07) is 1.83.